The van der Waals surface area contributed by atoms with E-state index in [1.165, 1.54) is 0 Å². The summed E-state index contributed by atoms with van der Waals surface area (Å²) in [5, 5.41) is 0. The van der Waals surface area contributed by atoms with Crippen LogP contribution in [0.3, 0.4) is 0 Å². The number of hydrogen-bond acceptors (Lipinski definition) is 2. The van der Waals surface area contributed by atoms with Gasteiger partial charge < -0.3 is 0 Å². The second-order valence-electron chi connectivity index (χ2n) is 6.20. The van der Waals surface area contributed by atoms with Gasteiger partial charge in [-0.1, -0.05) is 60.7 Å². The van der Waals surface area contributed by atoms with E-state index in [2.05, 4.69) is 0 Å². The van der Waals surface area contributed by atoms with Gasteiger partial charge in [-0.3, -0.25) is 4.31 Å². The molecule has 0 aliphatic carbocycles. The van der Waals surface area contributed by atoms with E-state index in [-0.39, 0.29) is 0 Å². The number of hydrogen-bond donors (Lipinski definition) is 0. The molecule has 0 N–H and O–H groups in total. The largest absolute Gasteiger partial charge is 0.266 e. The number of anilines is 1. The van der Waals surface area contributed by atoms with Gasteiger partial charge in [-0.15, -0.1) is 0 Å². The van der Waals surface area contributed by atoms with Gasteiger partial charge in [-0.2, -0.15) is 0 Å². The summed E-state index contributed by atoms with van der Waals surface area (Å²) in [6.45, 7) is 0.528. The van der Waals surface area contributed by atoms with Crippen molar-refractivity contribution < 1.29 is 8.42 Å². The quantitative estimate of drug-likeness (QED) is 0.698. The highest BCUT2D eigenvalue weighted by Gasteiger charge is 2.28. The van der Waals surface area contributed by atoms with Gasteiger partial charge in [0.25, 0.3) is 10.0 Å². The van der Waals surface area contributed by atoms with Crippen LogP contribution in [-0.4, -0.2) is 15.0 Å². The summed E-state index contributed by atoms with van der Waals surface area (Å²) >= 11 is 0. The molecule has 1 heterocycles. The minimum absolute atomic E-state index is 0.337. The van der Waals surface area contributed by atoms with Gasteiger partial charge in [0.15, 0.2) is 0 Å². The fourth-order valence-electron chi connectivity index (χ4n) is 3.33. The summed E-state index contributed by atoms with van der Waals surface area (Å²) in [5.74, 6) is 0. The summed E-state index contributed by atoms with van der Waals surface area (Å²) in [6.07, 6.45) is 1.77. The number of fused-ring (bicyclic) bond motifs is 1. The van der Waals surface area contributed by atoms with E-state index >= 15 is 0 Å². The highest BCUT2D eigenvalue weighted by Crippen LogP contribution is 2.32. The first-order valence-corrected chi connectivity index (χ1v) is 9.86. The molecule has 0 aromatic heterocycles. The number of benzene rings is 3. The first-order valence-electron chi connectivity index (χ1n) is 8.42. The van der Waals surface area contributed by atoms with E-state index in [4.69, 9.17) is 0 Å². The molecule has 4 heteroatoms. The molecular formula is C21H19NO2S. The lowest BCUT2D eigenvalue weighted by molar-refractivity contribution is 0.586. The minimum atomic E-state index is -3.54. The van der Waals surface area contributed by atoms with Crippen LogP contribution >= 0.6 is 0 Å². The van der Waals surface area contributed by atoms with Crippen LogP contribution in [0.25, 0.3) is 11.1 Å². The van der Waals surface area contributed by atoms with Gasteiger partial charge in [-0.05, 0) is 47.7 Å². The van der Waals surface area contributed by atoms with E-state index in [0.717, 1.165) is 35.2 Å². The molecule has 0 atom stereocenters. The van der Waals surface area contributed by atoms with E-state index in [0.29, 0.717) is 11.4 Å². The molecule has 0 spiro atoms. The fourth-order valence-corrected chi connectivity index (χ4v) is 4.87. The molecule has 0 bridgehead atoms. The molecule has 0 saturated heterocycles. The van der Waals surface area contributed by atoms with Gasteiger partial charge in [-0.25, -0.2) is 8.42 Å². The van der Waals surface area contributed by atoms with Crippen LogP contribution in [0.15, 0.2) is 83.8 Å². The molecule has 1 aliphatic rings. The lowest BCUT2D eigenvalue weighted by Gasteiger charge is -2.30. The number of aryl methyl sites for hydroxylation is 1. The predicted octanol–water partition coefficient (Wildman–Crippen LogP) is 4.50. The van der Waals surface area contributed by atoms with E-state index in [9.17, 15) is 8.42 Å². The molecule has 3 nitrogen and oxygen atoms in total. The second-order valence-corrected chi connectivity index (χ2v) is 8.06. The SMILES string of the molecule is O=S(=O)(c1ccc(-c2ccccc2)cc1)N1CCCc2ccccc21. The average Bonchev–Trinajstić information content (AvgIpc) is 2.68. The van der Waals surface area contributed by atoms with Crippen molar-refractivity contribution in [3.63, 3.8) is 0 Å². The molecule has 0 radical (unpaired) electrons. The van der Waals surface area contributed by atoms with Crippen molar-refractivity contribution in [2.24, 2.45) is 0 Å². The van der Waals surface area contributed by atoms with E-state index < -0.39 is 10.0 Å². The van der Waals surface area contributed by atoms with Gasteiger partial charge >= 0.3 is 0 Å². The third-order valence-corrected chi connectivity index (χ3v) is 6.44. The Hall–Kier alpha value is -2.59. The maximum Gasteiger partial charge on any atom is 0.264 e. The molecule has 3 aromatic carbocycles. The van der Waals surface area contributed by atoms with Crippen LogP contribution < -0.4 is 4.31 Å². The van der Waals surface area contributed by atoms with Crippen LogP contribution in [-0.2, 0) is 16.4 Å². The highest BCUT2D eigenvalue weighted by atomic mass is 32.2. The summed E-state index contributed by atoms with van der Waals surface area (Å²) in [5.41, 5.74) is 3.99. The molecule has 0 saturated carbocycles. The molecule has 25 heavy (non-hydrogen) atoms. The van der Waals surface area contributed by atoms with Crippen LogP contribution in [0.4, 0.5) is 5.69 Å². The van der Waals surface area contributed by atoms with Crippen LogP contribution in [0.2, 0.25) is 0 Å². The fraction of sp³-hybridized carbons (Fsp3) is 0.143. The molecule has 126 valence electrons. The van der Waals surface area contributed by atoms with Crippen molar-refractivity contribution in [1.29, 1.82) is 0 Å². The Kier molecular flexibility index (Phi) is 4.06. The zero-order valence-electron chi connectivity index (χ0n) is 13.8. The Morgan fingerprint density at radius 2 is 1.36 bits per heavy atom. The van der Waals surface area contributed by atoms with E-state index in [1.54, 1.807) is 16.4 Å². The van der Waals surface area contributed by atoms with Gasteiger partial charge in [0.05, 0.1) is 10.6 Å². The second kappa shape index (κ2) is 6.37. The van der Waals surface area contributed by atoms with Crippen molar-refractivity contribution in [3.8, 4) is 11.1 Å². The molecule has 4 rings (SSSR count). The molecule has 0 amide bonds. The topological polar surface area (TPSA) is 37.4 Å². The summed E-state index contributed by atoms with van der Waals surface area (Å²) in [6, 6.07) is 24.9. The highest BCUT2D eigenvalue weighted by molar-refractivity contribution is 7.92. The maximum atomic E-state index is 13.1. The van der Waals surface area contributed by atoms with Crippen LogP contribution in [0, 0.1) is 0 Å². The normalized spacial score (nSPS) is 14.2. The van der Waals surface area contributed by atoms with Gasteiger partial charge in [0.2, 0.25) is 0 Å². The Morgan fingerprint density at radius 1 is 0.720 bits per heavy atom. The van der Waals surface area contributed by atoms with Crippen molar-refractivity contribution in [3.05, 3.63) is 84.4 Å². The zero-order valence-corrected chi connectivity index (χ0v) is 14.6. The number of rotatable bonds is 3. The summed E-state index contributed by atoms with van der Waals surface area (Å²) in [4.78, 5) is 0.337. The Bertz CT molecular complexity index is 980. The zero-order chi connectivity index (χ0) is 17.3. The molecule has 0 unspecified atom stereocenters. The monoisotopic (exact) mass is 349 g/mol. The summed E-state index contributed by atoms with van der Waals surface area (Å²) < 4.78 is 27.8. The Morgan fingerprint density at radius 3 is 2.12 bits per heavy atom. The number of sulfonamides is 1. The van der Waals surface area contributed by atoms with Crippen molar-refractivity contribution >= 4 is 15.7 Å². The van der Waals surface area contributed by atoms with Gasteiger partial charge in [0.1, 0.15) is 0 Å². The Balaban J connectivity index is 1.70. The predicted molar refractivity (Wildman–Crippen MR) is 101 cm³/mol. The lowest BCUT2D eigenvalue weighted by Crippen LogP contribution is -2.35. The minimum Gasteiger partial charge on any atom is -0.266 e. The van der Waals surface area contributed by atoms with Crippen LogP contribution in [0.1, 0.15) is 12.0 Å². The first-order chi connectivity index (χ1) is 12.2. The molecule has 1 aliphatic heterocycles. The third kappa shape index (κ3) is 2.94. The van der Waals surface area contributed by atoms with Crippen molar-refractivity contribution in [1.82, 2.24) is 0 Å². The lowest BCUT2D eigenvalue weighted by atomic mass is 10.0. The molecule has 0 fully saturated rings. The van der Waals surface area contributed by atoms with Crippen molar-refractivity contribution in [2.45, 2.75) is 17.7 Å². The molecular weight excluding hydrogens is 330 g/mol. The first kappa shape index (κ1) is 15.9. The Labute approximate surface area is 148 Å². The van der Waals surface area contributed by atoms with E-state index in [1.807, 2.05) is 66.7 Å². The smallest absolute Gasteiger partial charge is 0.264 e. The average molecular weight is 349 g/mol. The van der Waals surface area contributed by atoms with Crippen LogP contribution in [0.5, 0.6) is 0 Å². The standard InChI is InChI=1S/C21H19NO2S/c23-25(24,22-16-6-10-19-9-4-5-11-21(19)22)20-14-12-18(13-15-20)17-7-2-1-3-8-17/h1-5,7-9,11-15H,6,10,16H2. The van der Waals surface area contributed by atoms with Crippen molar-refractivity contribution in [2.75, 3.05) is 10.8 Å². The summed E-state index contributed by atoms with van der Waals surface area (Å²) in [7, 11) is -3.54. The molecule has 3 aromatic rings. The third-order valence-electron chi connectivity index (χ3n) is 4.62. The number of nitrogens with zero attached hydrogens (tertiary/aromatic N) is 1. The number of para-hydroxylation sites is 1. The van der Waals surface area contributed by atoms with Gasteiger partial charge in [0, 0.05) is 6.54 Å². The maximum absolute atomic E-state index is 13.1.